The van der Waals surface area contributed by atoms with Crippen LogP contribution < -0.4 is 4.90 Å². The second-order valence-corrected chi connectivity index (χ2v) is 6.24. The van der Waals surface area contributed by atoms with Crippen LogP contribution in [0.25, 0.3) is 6.08 Å². The van der Waals surface area contributed by atoms with Crippen molar-refractivity contribution in [2.45, 2.75) is 0 Å². The number of carboxylic acid groups (broad SMARTS) is 1. The number of carbonyl (C=O) groups excluding carboxylic acids is 1. The van der Waals surface area contributed by atoms with E-state index < -0.39 is 5.97 Å². The first-order valence-corrected chi connectivity index (χ1v) is 8.72. The van der Waals surface area contributed by atoms with Crippen molar-refractivity contribution in [1.29, 1.82) is 0 Å². The van der Waals surface area contributed by atoms with Crippen molar-refractivity contribution in [2.24, 2.45) is 4.99 Å². The first kappa shape index (κ1) is 17.4. The third-order valence-electron chi connectivity index (χ3n) is 4.35. The van der Waals surface area contributed by atoms with Crippen LogP contribution in [-0.2, 0) is 4.79 Å². The van der Waals surface area contributed by atoms with Crippen molar-refractivity contribution < 1.29 is 14.7 Å². The van der Waals surface area contributed by atoms with Gasteiger partial charge in [0.15, 0.2) is 0 Å². The van der Waals surface area contributed by atoms with E-state index in [2.05, 4.69) is 4.99 Å². The summed E-state index contributed by atoms with van der Waals surface area (Å²) in [5.74, 6) is -0.882. The van der Waals surface area contributed by atoms with Crippen LogP contribution in [0.4, 0.5) is 5.69 Å². The molecule has 3 aromatic rings. The Bertz CT molecular complexity index is 1100. The van der Waals surface area contributed by atoms with E-state index in [1.807, 2.05) is 60.7 Å². The Morgan fingerprint density at radius 3 is 2.25 bits per heavy atom. The molecule has 1 amide bonds. The zero-order valence-electron chi connectivity index (χ0n) is 14.8. The van der Waals surface area contributed by atoms with Gasteiger partial charge in [0, 0.05) is 5.56 Å². The van der Waals surface area contributed by atoms with Gasteiger partial charge in [0.25, 0.3) is 5.91 Å². The van der Waals surface area contributed by atoms with Gasteiger partial charge in [0.2, 0.25) is 0 Å². The lowest BCUT2D eigenvalue weighted by Crippen LogP contribution is -2.32. The summed E-state index contributed by atoms with van der Waals surface area (Å²) in [6, 6.07) is 25.1. The van der Waals surface area contributed by atoms with Gasteiger partial charge >= 0.3 is 5.97 Å². The molecule has 0 bridgehead atoms. The van der Waals surface area contributed by atoms with E-state index in [0.717, 1.165) is 11.1 Å². The van der Waals surface area contributed by atoms with Crippen LogP contribution in [0.1, 0.15) is 21.5 Å². The lowest BCUT2D eigenvalue weighted by molar-refractivity contribution is -0.113. The number of rotatable bonds is 4. The minimum atomic E-state index is -1.05. The minimum Gasteiger partial charge on any atom is -0.478 e. The number of amides is 1. The summed E-state index contributed by atoms with van der Waals surface area (Å²) in [7, 11) is 0. The first-order chi connectivity index (χ1) is 13.6. The van der Waals surface area contributed by atoms with Gasteiger partial charge in [-0.2, -0.15) is 0 Å². The highest BCUT2D eigenvalue weighted by Crippen LogP contribution is 2.28. The molecule has 28 heavy (non-hydrogen) atoms. The Morgan fingerprint density at radius 2 is 1.57 bits per heavy atom. The van der Waals surface area contributed by atoms with E-state index >= 15 is 0 Å². The molecule has 0 radical (unpaired) electrons. The van der Waals surface area contributed by atoms with Gasteiger partial charge < -0.3 is 5.11 Å². The number of anilines is 1. The molecule has 0 saturated heterocycles. The van der Waals surface area contributed by atoms with Crippen LogP contribution >= 0.6 is 0 Å². The molecule has 3 aromatic carbocycles. The van der Waals surface area contributed by atoms with Crippen molar-refractivity contribution >= 4 is 29.5 Å². The zero-order chi connectivity index (χ0) is 19.5. The molecule has 0 unspecified atom stereocenters. The zero-order valence-corrected chi connectivity index (χ0v) is 14.8. The van der Waals surface area contributed by atoms with E-state index in [-0.39, 0.29) is 11.5 Å². The number of nitrogens with zero attached hydrogens (tertiary/aromatic N) is 2. The van der Waals surface area contributed by atoms with Crippen molar-refractivity contribution in [2.75, 3.05) is 4.90 Å². The van der Waals surface area contributed by atoms with Gasteiger partial charge in [-0.3, -0.25) is 9.69 Å². The van der Waals surface area contributed by atoms with Crippen molar-refractivity contribution in [1.82, 2.24) is 0 Å². The van der Waals surface area contributed by atoms with Crippen molar-refractivity contribution in [3.8, 4) is 0 Å². The first-order valence-electron chi connectivity index (χ1n) is 8.72. The number of carbonyl (C=O) groups is 2. The topological polar surface area (TPSA) is 70.0 Å². The van der Waals surface area contributed by atoms with Crippen molar-refractivity contribution in [3.05, 3.63) is 107 Å². The highest BCUT2D eigenvalue weighted by molar-refractivity contribution is 6.33. The Morgan fingerprint density at radius 1 is 0.893 bits per heavy atom. The number of benzene rings is 3. The summed E-state index contributed by atoms with van der Waals surface area (Å²) in [4.78, 5) is 30.6. The maximum Gasteiger partial charge on any atom is 0.335 e. The van der Waals surface area contributed by atoms with Crippen LogP contribution in [0, 0.1) is 0 Å². The predicted molar refractivity (Wildman–Crippen MR) is 108 cm³/mol. The lowest BCUT2D eigenvalue weighted by Gasteiger charge is -2.19. The summed E-state index contributed by atoms with van der Waals surface area (Å²) in [6.07, 6.45) is 1.73. The SMILES string of the molecule is O=C(O)c1cccc(N2C(=O)/C(=C/c3ccccc3)N=C2c2ccccc2)c1. The number of hydrogen-bond acceptors (Lipinski definition) is 3. The van der Waals surface area contributed by atoms with E-state index in [4.69, 9.17) is 0 Å². The maximum absolute atomic E-state index is 13.2. The van der Waals surface area contributed by atoms with Gasteiger partial charge in [0.1, 0.15) is 11.5 Å². The molecule has 0 fully saturated rings. The standard InChI is InChI=1S/C23H16N2O3/c26-22-20(14-16-8-3-1-4-9-16)24-21(17-10-5-2-6-11-17)25(22)19-13-7-12-18(15-19)23(27)28/h1-15H,(H,27,28)/b20-14-. The molecule has 0 spiro atoms. The van der Waals surface area contributed by atoms with E-state index in [1.54, 1.807) is 18.2 Å². The average molecular weight is 368 g/mol. The quantitative estimate of drug-likeness (QED) is 0.701. The molecule has 0 aromatic heterocycles. The Labute approximate surface area is 161 Å². The fourth-order valence-corrected chi connectivity index (χ4v) is 3.02. The number of amidine groups is 1. The second-order valence-electron chi connectivity index (χ2n) is 6.24. The van der Waals surface area contributed by atoms with Gasteiger partial charge in [-0.25, -0.2) is 9.79 Å². The molecule has 0 aliphatic carbocycles. The van der Waals surface area contributed by atoms with E-state index in [0.29, 0.717) is 17.2 Å². The molecule has 1 N–H and O–H groups in total. The lowest BCUT2D eigenvalue weighted by atomic mass is 10.1. The summed E-state index contributed by atoms with van der Waals surface area (Å²) < 4.78 is 0. The van der Waals surface area contributed by atoms with Gasteiger partial charge in [0.05, 0.1) is 11.3 Å². The molecule has 136 valence electrons. The fourth-order valence-electron chi connectivity index (χ4n) is 3.02. The molecule has 0 saturated carbocycles. The summed E-state index contributed by atoms with van der Waals surface area (Å²) >= 11 is 0. The van der Waals surface area contributed by atoms with Gasteiger partial charge in [-0.15, -0.1) is 0 Å². The molecular formula is C23H16N2O3. The molecule has 0 atom stereocenters. The Balaban J connectivity index is 1.84. The summed E-state index contributed by atoms with van der Waals surface area (Å²) in [5.41, 5.74) is 2.50. The predicted octanol–water partition coefficient (Wildman–Crippen LogP) is 4.22. The molecule has 1 aliphatic heterocycles. The fraction of sp³-hybridized carbons (Fsp3) is 0. The largest absolute Gasteiger partial charge is 0.478 e. The van der Waals surface area contributed by atoms with Crippen LogP contribution in [0.5, 0.6) is 0 Å². The van der Waals surface area contributed by atoms with Crippen LogP contribution in [-0.4, -0.2) is 22.8 Å². The number of hydrogen-bond donors (Lipinski definition) is 1. The number of aromatic carboxylic acids is 1. The van der Waals surface area contributed by atoms with Gasteiger partial charge in [-0.05, 0) is 29.8 Å². The van der Waals surface area contributed by atoms with Crippen LogP contribution in [0.15, 0.2) is 95.6 Å². The highest BCUT2D eigenvalue weighted by atomic mass is 16.4. The van der Waals surface area contributed by atoms with Crippen LogP contribution in [0.2, 0.25) is 0 Å². The average Bonchev–Trinajstić information content (AvgIpc) is 3.05. The van der Waals surface area contributed by atoms with Crippen LogP contribution in [0.3, 0.4) is 0 Å². The summed E-state index contributed by atoms with van der Waals surface area (Å²) in [6.45, 7) is 0. The molecular weight excluding hydrogens is 352 g/mol. The smallest absolute Gasteiger partial charge is 0.335 e. The van der Waals surface area contributed by atoms with E-state index in [1.165, 1.54) is 17.0 Å². The van der Waals surface area contributed by atoms with Crippen molar-refractivity contribution in [3.63, 3.8) is 0 Å². The maximum atomic E-state index is 13.2. The Hall–Kier alpha value is -3.99. The molecule has 5 heteroatoms. The molecule has 4 rings (SSSR count). The monoisotopic (exact) mass is 368 g/mol. The normalized spacial score (nSPS) is 15.0. The molecule has 1 aliphatic rings. The summed E-state index contributed by atoms with van der Waals surface area (Å²) in [5, 5.41) is 9.30. The highest BCUT2D eigenvalue weighted by Gasteiger charge is 2.32. The number of carboxylic acids is 1. The number of aliphatic imine (C=N–C) groups is 1. The second kappa shape index (κ2) is 7.32. The van der Waals surface area contributed by atoms with E-state index in [9.17, 15) is 14.7 Å². The third-order valence-corrected chi connectivity index (χ3v) is 4.35. The molecule has 5 nitrogen and oxygen atoms in total. The Kier molecular flexibility index (Phi) is 4.56. The third kappa shape index (κ3) is 3.33. The molecule has 1 heterocycles. The minimum absolute atomic E-state index is 0.109. The van der Waals surface area contributed by atoms with Gasteiger partial charge in [-0.1, -0.05) is 66.7 Å².